The second-order valence-corrected chi connectivity index (χ2v) is 8.70. The van der Waals surface area contributed by atoms with E-state index in [1.165, 1.54) is 22.0 Å². The molecule has 28 heavy (non-hydrogen) atoms. The lowest BCUT2D eigenvalue weighted by Gasteiger charge is -2.48. The van der Waals surface area contributed by atoms with Gasteiger partial charge in [-0.05, 0) is 48.9 Å². The Hall–Kier alpha value is -2.18. The normalized spacial score (nSPS) is 28.4. The molecule has 1 aromatic carbocycles. The van der Waals surface area contributed by atoms with Crippen LogP contribution >= 0.6 is 0 Å². The maximum absolute atomic E-state index is 11.8. The molecule has 148 valence electrons. The summed E-state index contributed by atoms with van der Waals surface area (Å²) in [6, 6.07) is 7.20. The van der Waals surface area contributed by atoms with E-state index in [4.69, 9.17) is 0 Å². The minimum Gasteiger partial charge on any atom is -0.361 e. The maximum atomic E-state index is 11.8. The molecule has 2 amide bonds. The Morgan fingerprint density at radius 2 is 2.00 bits per heavy atom. The van der Waals surface area contributed by atoms with Gasteiger partial charge in [-0.25, -0.2) is 0 Å². The van der Waals surface area contributed by atoms with Crippen LogP contribution in [-0.2, 0) is 16.0 Å². The number of rotatable bonds is 4. The van der Waals surface area contributed by atoms with Crippen LogP contribution in [0.2, 0.25) is 0 Å². The molecule has 3 heterocycles. The monoisotopic (exact) mass is 380 g/mol. The number of hydrogen-bond donors (Lipinski definition) is 2. The fraction of sp³-hybridized carbons (Fsp3) is 0.545. The van der Waals surface area contributed by atoms with Gasteiger partial charge in [-0.15, -0.1) is 0 Å². The smallest absolute Gasteiger partial charge is 0.240 e. The Bertz CT molecular complexity index is 904. The first kappa shape index (κ1) is 17.9. The molecule has 5 rings (SSSR count). The highest BCUT2D eigenvalue weighted by molar-refractivity contribution is 5.99. The predicted octanol–water partition coefficient (Wildman–Crippen LogP) is 1.87. The Morgan fingerprint density at radius 1 is 1.18 bits per heavy atom. The van der Waals surface area contributed by atoms with E-state index < -0.39 is 0 Å². The summed E-state index contributed by atoms with van der Waals surface area (Å²) in [6.07, 6.45) is 5.57. The van der Waals surface area contributed by atoms with Crippen molar-refractivity contribution in [3.05, 3.63) is 35.5 Å². The topological polar surface area (TPSA) is 68.4 Å². The van der Waals surface area contributed by atoms with Crippen molar-refractivity contribution in [1.29, 1.82) is 0 Å². The lowest BCUT2D eigenvalue weighted by atomic mass is 9.72. The van der Waals surface area contributed by atoms with Gasteiger partial charge in [-0.2, -0.15) is 0 Å². The van der Waals surface area contributed by atoms with Crippen molar-refractivity contribution in [3.8, 4) is 0 Å². The Labute approximate surface area is 165 Å². The summed E-state index contributed by atoms with van der Waals surface area (Å²) in [5.41, 5.74) is 4.17. The van der Waals surface area contributed by atoms with E-state index >= 15 is 0 Å². The second kappa shape index (κ2) is 7.01. The van der Waals surface area contributed by atoms with Crippen molar-refractivity contribution in [2.24, 2.45) is 5.92 Å². The van der Waals surface area contributed by atoms with Crippen LogP contribution in [0, 0.1) is 5.92 Å². The highest BCUT2D eigenvalue weighted by atomic mass is 16.2. The van der Waals surface area contributed by atoms with Crippen LogP contribution in [0.4, 0.5) is 0 Å². The molecule has 6 heteroatoms. The summed E-state index contributed by atoms with van der Waals surface area (Å²) in [5, 5.41) is 3.83. The van der Waals surface area contributed by atoms with Crippen LogP contribution in [0.1, 0.15) is 36.8 Å². The zero-order valence-corrected chi connectivity index (χ0v) is 16.4. The first-order chi connectivity index (χ1) is 13.6. The molecule has 2 N–H and O–H groups in total. The van der Waals surface area contributed by atoms with Crippen LogP contribution in [0.25, 0.3) is 10.9 Å². The molecule has 3 aliphatic rings. The van der Waals surface area contributed by atoms with E-state index in [0.29, 0.717) is 31.0 Å². The lowest BCUT2D eigenvalue weighted by Crippen LogP contribution is -2.56. The molecule has 2 aliphatic heterocycles. The largest absolute Gasteiger partial charge is 0.361 e. The molecule has 0 bridgehead atoms. The summed E-state index contributed by atoms with van der Waals surface area (Å²) >= 11 is 0. The number of likely N-dealkylation sites (tertiary alicyclic amines) is 1. The average molecular weight is 380 g/mol. The van der Waals surface area contributed by atoms with Gasteiger partial charge < -0.3 is 4.98 Å². The quantitative estimate of drug-likeness (QED) is 0.795. The van der Waals surface area contributed by atoms with E-state index in [1.807, 2.05) is 4.90 Å². The van der Waals surface area contributed by atoms with Crippen molar-refractivity contribution >= 4 is 22.7 Å². The minimum absolute atomic E-state index is 0.172. The van der Waals surface area contributed by atoms with Gasteiger partial charge in [0, 0.05) is 42.1 Å². The van der Waals surface area contributed by atoms with Gasteiger partial charge in [-0.3, -0.25) is 24.7 Å². The number of amides is 2. The summed E-state index contributed by atoms with van der Waals surface area (Å²) < 4.78 is 0. The molecule has 0 saturated carbocycles. The van der Waals surface area contributed by atoms with Crippen molar-refractivity contribution in [3.63, 3.8) is 0 Å². The number of benzene rings is 1. The van der Waals surface area contributed by atoms with Crippen molar-refractivity contribution in [2.75, 3.05) is 32.7 Å². The number of aromatic amines is 1. The number of imide groups is 1. The molecule has 0 unspecified atom stereocenters. The fourth-order valence-electron chi connectivity index (χ4n) is 5.77. The molecule has 0 radical (unpaired) electrons. The van der Waals surface area contributed by atoms with E-state index in [2.05, 4.69) is 46.5 Å². The lowest BCUT2D eigenvalue weighted by molar-refractivity contribution is -0.136. The molecule has 0 spiro atoms. The summed E-state index contributed by atoms with van der Waals surface area (Å²) in [5.74, 6) is 0.651. The van der Waals surface area contributed by atoms with Gasteiger partial charge in [0.2, 0.25) is 11.8 Å². The average Bonchev–Trinajstić information content (AvgIpc) is 3.06. The number of carbonyl (C=O) groups is 2. The third-order valence-electron chi connectivity index (χ3n) is 6.70. The molecule has 3 atom stereocenters. The van der Waals surface area contributed by atoms with Crippen molar-refractivity contribution in [2.45, 2.75) is 38.1 Å². The second-order valence-electron chi connectivity index (χ2n) is 8.70. The van der Waals surface area contributed by atoms with Crippen molar-refractivity contribution in [1.82, 2.24) is 20.1 Å². The van der Waals surface area contributed by atoms with Crippen LogP contribution < -0.4 is 5.32 Å². The van der Waals surface area contributed by atoms with E-state index in [9.17, 15) is 9.59 Å². The molecule has 6 nitrogen and oxygen atoms in total. The number of nitrogens with zero attached hydrogens (tertiary/aromatic N) is 2. The van der Waals surface area contributed by atoms with Crippen LogP contribution in [0.3, 0.4) is 0 Å². The van der Waals surface area contributed by atoms with Gasteiger partial charge in [-0.1, -0.05) is 19.1 Å². The summed E-state index contributed by atoms with van der Waals surface area (Å²) in [4.78, 5) is 31.7. The third-order valence-corrected chi connectivity index (χ3v) is 6.70. The first-order valence-electron chi connectivity index (χ1n) is 10.5. The molecule has 2 fully saturated rings. The molecular formula is C22H28N4O2. The number of aromatic nitrogens is 1. The predicted molar refractivity (Wildman–Crippen MR) is 108 cm³/mol. The highest BCUT2D eigenvalue weighted by Crippen LogP contribution is 2.44. The zero-order chi connectivity index (χ0) is 19.3. The van der Waals surface area contributed by atoms with Gasteiger partial charge in [0.1, 0.15) is 0 Å². The number of H-pyrrole nitrogens is 1. The standard InChI is InChI=1S/C22H28N4O2/c1-2-6-26-11-14(10-25-12-20(27)24-21(28)13-25)7-17-16-4-3-5-18-22(16)15(9-23-18)8-19(17)26/h3-5,9,14,17,19,23H,2,6-8,10-13H2,1H3,(H,24,27,28)/t14-,17+,19+/m0/s1. The van der Waals surface area contributed by atoms with E-state index in [0.717, 1.165) is 38.9 Å². The molecule has 1 aliphatic carbocycles. The molecule has 2 saturated heterocycles. The highest BCUT2D eigenvalue weighted by Gasteiger charge is 2.41. The Kier molecular flexibility index (Phi) is 4.48. The fourth-order valence-corrected chi connectivity index (χ4v) is 5.77. The first-order valence-corrected chi connectivity index (χ1v) is 10.5. The number of piperazine rings is 1. The summed E-state index contributed by atoms with van der Waals surface area (Å²) in [7, 11) is 0. The third kappa shape index (κ3) is 3.05. The van der Waals surface area contributed by atoms with Crippen LogP contribution in [0.5, 0.6) is 0 Å². The van der Waals surface area contributed by atoms with E-state index in [-0.39, 0.29) is 11.8 Å². The number of piperidine rings is 1. The Morgan fingerprint density at radius 3 is 2.79 bits per heavy atom. The number of carbonyl (C=O) groups excluding carboxylic acids is 2. The SMILES string of the molecule is CCCN1C[C@H](CN2CC(=O)NC(=O)C2)C[C@@H]2c3cccc4[nH]cc(c34)C[C@H]21. The van der Waals surface area contributed by atoms with Gasteiger partial charge in [0.25, 0.3) is 0 Å². The van der Waals surface area contributed by atoms with Crippen LogP contribution in [0.15, 0.2) is 24.4 Å². The zero-order valence-electron chi connectivity index (χ0n) is 16.4. The van der Waals surface area contributed by atoms with E-state index in [1.54, 1.807) is 0 Å². The molecular weight excluding hydrogens is 352 g/mol. The number of nitrogens with one attached hydrogen (secondary N) is 2. The number of fused-ring (bicyclic) bond motifs is 2. The Balaban J connectivity index is 1.43. The minimum atomic E-state index is -0.172. The van der Waals surface area contributed by atoms with Gasteiger partial charge in [0.05, 0.1) is 13.1 Å². The molecule has 2 aromatic rings. The van der Waals surface area contributed by atoms with Crippen LogP contribution in [-0.4, -0.2) is 65.4 Å². The maximum Gasteiger partial charge on any atom is 0.240 e. The molecule has 1 aromatic heterocycles. The van der Waals surface area contributed by atoms with Gasteiger partial charge >= 0.3 is 0 Å². The van der Waals surface area contributed by atoms with Gasteiger partial charge in [0.15, 0.2) is 0 Å². The number of hydrogen-bond acceptors (Lipinski definition) is 4. The van der Waals surface area contributed by atoms with Crippen molar-refractivity contribution < 1.29 is 9.59 Å². The summed E-state index contributed by atoms with van der Waals surface area (Å²) in [6.45, 7) is 5.89.